The van der Waals surface area contributed by atoms with Gasteiger partial charge in [-0.2, -0.15) is 0 Å². The summed E-state index contributed by atoms with van der Waals surface area (Å²) in [7, 11) is 0. The summed E-state index contributed by atoms with van der Waals surface area (Å²) >= 11 is 0.954. The molecule has 1 aliphatic rings. The van der Waals surface area contributed by atoms with E-state index in [1.54, 1.807) is 6.07 Å². The van der Waals surface area contributed by atoms with E-state index in [-0.39, 0.29) is 17.0 Å². The van der Waals surface area contributed by atoms with Gasteiger partial charge in [0.25, 0.3) is 5.91 Å². The number of rotatable bonds is 4. The second-order valence-electron chi connectivity index (χ2n) is 5.38. The minimum atomic E-state index is -0.452. The number of amides is 1. The molecule has 1 aromatic carbocycles. The standard InChI is InChI=1S/C16H16N2O3S/c19-16(14-8-9-15(22-14)18(20)21)17-10-4-7-13(17)11-12-5-2-1-3-6-12/h1-3,5-6,8-9,13H,4,7,10-11H2. The Bertz CT molecular complexity index is 684. The van der Waals surface area contributed by atoms with Crippen LogP contribution in [0.4, 0.5) is 5.00 Å². The van der Waals surface area contributed by atoms with Crippen molar-refractivity contribution in [3.63, 3.8) is 0 Å². The van der Waals surface area contributed by atoms with E-state index in [1.165, 1.54) is 11.6 Å². The zero-order chi connectivity index (χ0) is 15.5. The normalized spacial score (nSPS) is 17.6. The highest BCUT2D eigenvalue weighted by Gasteiger charge is 2.30. The molecule has 1 aliphatic heterocycles. The Balaban J connectivity index is 1.74. The second-order valence-corrected chi connectivity index (χ2v) is 6.44. The molecule has 0 bridgehead atoms. The Morgan fingerprint density at radius 3 is 2.73 bits per heavy atom. The molecule has 2 aromatic rings. The van der Waals surface area contributed by atoms with Crippen LogP contribution < -0.4 is 0 Å². The molecular formula is C16H16N2O3S. The molecule has 1 fully saturated rings. The van der Waals surface area contributed by atoms with Gasteiger partial charge in [0, 0.05) is 18.7 Å². The average Bonchev–Trinajstić information content (AvgIpc) is 3.17. The molecule has 6 heteroatoms. The van der Waals surface area contributed by atoms with Crippen molar-refractivity contribution in [2.24, 2.45) is 0 Å². The van der Waals surface area contributed by atoms with Crippen LogP contribution in [0, 0.1) is 10.1 Å². The number of hydrogen-bond acceptors (Lipinski definition) is 4. The SMILES string of the molecule is O=C(c1ccc([N+](=O)[O-])s1)N1CCCC1Cc1ccccc1. The number of carbonyl (C=O) groups is 1. The summed E-state index contributed by atoms with van der Waals surface area (Å²) in [5.41, 5.74) is 1.21. The smallest absolute Gasteiger partial charge is 0.324 e. The number of hydrogen-bond donors (Lipinski definition) is 0. The quantitative estimate of drug-likeness (QED) is 0.640. The third-order valence-corrected chi connectivity index (χ3v) is 4.96. The number of nitro groups is 1. The van der Waals surface area contributed by atoms with Crippen molar-refractivity contribution in [1.82, 2.24) is 4.90 Å². The maximum Gasteiger partial charge on any atom is 0.324 e. The number of likely N-dealkylation sites (tertiary alicyclic amines) is 1. The zero-order valence-electron chi connectivity index (χ0n) is 12.0. The molecule has 2 heterocycles. The van der Waals surface area contributed by atoms with Crippen LogP contribution >= 0.6 is 11.3 Å². The van der Waals surface area contributed by atoms with E-state index in [2.05, 4.69) is 12.1 Å². The number of carbonyl (C=O) groups excluding carboxylic acids is 1. The largest absolute Gasteiger partial charge is 0.335 e. The van der Waals surface area contributed by atoms with Crippen molar-refractivity contribution in [2.75, 3.05) is 6.54 Å². The summed E-state index contributed by atoms with van der Waals surface area (Å²) in [6.45, 7) is 0.724. The van der Waals surface area contributed by atoms with Crippen molar-refractivity contribution in [3.8, 4) is 0 Å². The summed E-state index contributed by atoms with van der Waals surface area (Å²) in [6, 6.07) is 13.2. The van der Waals surface area contributed by atoms with Crippen molar-refractivity contribution >= 4 is 22.2 Å². The van der Waals surface area contributed by atoms with Crippen molar-refractivity contribution < 1.29 is 9.72 Å². The Morgan fingerprint density at radius 1 is 1.27 bits per heavy atom. The van der Waals surface area contributed by atoms with E-state index in [1.807, 2.05) is 23.1 Å². The van der Waals surface area contributed by atoms with Crippen LogP contribution in [-0.4, -0.2) is 28.3 Å². The second kappa shape index (κ2) is 6.27. The van der Waals surface area contributed by atoms with Crippen LogP contribution in [0.15, 0.2) is 42.5 Å². The van der Waals surface area contributed by atoms with E-state index in [0.29, 0.717) is 4.88 Å². The Kier molecular flexibility index (Phi) is 4.20. The molecule has 114 valence electrons. The van der Waals surface area contributed by atoms with Gasteiger partial charge in [-0.3, -0.25) is 14.9 Å². The molecule has 0 saturated carbocycles. The van der Waals surface area contributed by atoms with E-state index in [0.717, 1.165) is 37.1 Å². The molecule has 0 N–H and O–H groups in total. The summed E-state index contributed by atoms with van der Waals surface area (Å²) in [5.74, 6) is -0.0865. The molecule has 3 rings (SSSR count). The first-order valence-electron chi connectivity index (χ1n) is 7.24. The third kappa shape index (κ3) is 3.01. The van der Waals surface area contributed by atoms with Gasteiger partial charge in [-0.15, -0.1) is 0 Å². The van der Waals surface area contributed by atoms with Crippen molar-refractivity contribution in [2.45, 2.75) is 25.3 Å². The number of thiophene rings is 1. The lowest BCUT2D eigenvalue weighted by molar-refractivity contribution is -0.380. The lowest BCUT2D eigenvalue weighted by atomic mass is 10.0. The topological polar surface area (TPSA) is 63.4 Å². The lowest BCUT2D eigenvalue weighted by Crippen LogP contribution is -2.36. The molecule has 0 radical (unpaired) electrons. The van der Waals surface area contributed by atoms with E-state index in [9.17, 15) is 14.9 Å². The van der Waals surface area contributed by atoms with Gasteiger partial charge in [0.1, 0.15) is 0 Å². The first kappa shape index (κ1) is 14.7. The van der Waals surface area contributed by atoms with Gasteiger partial charge >= 0.3 is 5.00 Å². The average molecular weight is 316 g/mol. The monoisotopic (exact) mass is 316 g/mol. The maximum atomic E-state index is 12.6. The fourth-order valence-electron chi connectivity index (χ4n) is 2.88. The van der Waals surface area contributed by atoms with Crippen LogP contribution in [0.5, 0.6) is 0 Å². The number of nitrogens with zero attached hydrogens (tertiary/aromatic N) is 2. The molecule has 5 nitrogen and oxygen atoms in total. The van der Waals surface area contributed by atoms with Crippen LogP contribution in [0.3, 0.4) is 0 Å². The lowest BCUT2D eigenvalue weighted by Gasteiger charge is -2.24. The molecule has 22 heavy (non-hydrogen) atoms. The van der Waals surface area contributed by atoms with Crippen molar-refractivity contribution in [1.29, 1.82) is 0 Å². The Hall–Kier alpha value is -2.21. The molecule has 1 atom stereocenters. The summed E-state index contributed by atoms with van der Waals surface area (Å²) < 4.78 is 0. The minimum Gasteiger partial charge on any atom is -0.335 e. The van der Waals surface area contributed by atoms with E-state index in [4.69, 9.17) is 0 Å². The predicted octanol–water partition coefficient (Wildman–Crippen LogP) is 3.50. The first-order chi connectivity index (χ1) is 10.6. The molecule has 1 amide bonds. The fraction of sp³-hybridized carbons (Fsp3) is 0.312. The predicted molar refractivity (Wildman–Crippen MR) is 85.2 cm³/mol. The Labute approximate surface area is 132 Å². The Morgan fingerprint density at radius 2 is 2.05 bits per heavy atom. The van der Waals surface area contributed by atoms with Gasteiger partial charge in [-0.25, -0.2) is 0 Å². The minimum absolute atomic E-state index is 0.0159. The van der Waals surface area contributed by atoms with Crippen LogP contribution in [0.25, 0.3) is 0 Å². The molecule has 1 saturated heterocycles. The first-order valence-corrected chi connectivity index (χ1v) is 8.06. The molecule has 0 spiro atoms. The summed E-state index contributed by atoms with van der Waals surface area (Å²) in [5, 5.41) is 10.8. The van der Waals surface area contributed by atoms with Gasteiger partial charge in [0.05, 0.1) is 9.80 Å². The summed E-state index contributed by atoms with van der Waals surface area (Å²) in [6.07, 6.45) is 2.80. The van der Waals surface area contributed by atoms with Gasteiger partial charge in [-0.1, -0.05) is 41.7 Å². The maximum absolute atomic E-state index is 12.6. The highest BCUT2D eigenvalue weighted by atomic mass is 32.1. The highest BCUT2D eigenvalue weighted by Crippen LogP contribution is 2.29. The molecular weight excluding hydrogens is 300 g/mol. The summed E-state index contributed by atoms with van der Waals surface area (Å²) in [4.78, 5) is 25.2. The van der Waals surface area contributed by atoms with Gasteiger partial charge in [-0.05, 0) is 30.9 Å². The van der Waals surface area contributed by atoms with E-state index < -0.39 is 4.92 Å². The van der Waals surface area contributed by atoms with Crippen LogP contribution in [0.2, 0.25) is 0 Å². The van der Waals surface area contributed by atoms with Crippen LogP contribution in [0.1, 0.15) is 28.1 Å². The van der Waals surface area contributed by atoms with Gasteiger partial charge < -0.3 is 4.90 Å². The molecule has 0 aliphatic carbocycles. The fourth-order valence-corrected chi connectivity index (χ4v) is 3.66. The van der Waals surface area contributed by atoms with E-state index >= 15 is 0 Å². The molecule has 1 aromatic heterocycles. The van der Waals surface area contributed by atoms with Crippen LogP contribution in [-0.2, 0) is 6.42 Å². The van der Waals surface area contributed by atoms with Gasteiger partial charge in [0.15, 0.2) is 0 Å². The zero-order valence-corrected chi connectivity index (χ0v) is 12.8. The van der Waals surface area contributed by atoms with Gasteiger partial charge in [0.2, 0.25) is 0 Å². The third-order valence-electron chi connectivity index (χ3n) is 3.93. The highest BCUT2D eigenvalue weighted by molar-refractivity contribution is 7.17. The van der Waals surface area contributed by atoms with Crippen molar-refractivity contribution in [3.05, 3.63) is 63.0 Å². The number of benzene rings is 1. The molecule has 1 unspecified atom stereocenters.